The molecule has 1 aromatic rings. The van der Waals surface area contributed by atoms with Crippen LogP contribution in [0.5, 0.6) is 0 Å². The number of Topliss-reactive ketones (excluding diaryl/α,β-unsaturated/α-hetero) is 1. The van der Waals surface area contributed by atoms with Gasteiger partial charge in [0.1, 0.15) is 0 Å². The van der Waals surface area contributed by atoms with E-state index in [-0.39, 0.29) is 5.78 Å². The lowest BCUT2D eigenvalue weighted by molar-refractivity contribution is 0.0924. The van der Waals surface area contributed by atoms with Crippen LogP contribution in [0.15, 0.2) is 18.2 Å². The van der Waals surface area contributed by atoms with Crippen LogP contribution in [0.1, 0.15) is 53.6 Å². The Morgan fingerprint density at radius 1 is 1.00 bits per heavy atom. The van der Waals surface area contributed by atoms with E-state index in [2.05, 4.69) is 24.8 Å². The van der Waals surface area contributed by atoms with E-state index in [1.165, 1.54) is 43.2 Å². The first-order valence-corrected chi connectivity index (χ1v) is 7.49. The van der Waals surface area contributed by atoms with Gasteiger partial charge in [0.2, 0.25) is 0 Å². The van der Waals surface area contributed by atoms with Gasteiger partial charge in [-0.05, 0) is 57.0 Å². The largest absolute Gasteiger partial charge is 0.296 e. The summed E-state index contributed by atoms with van der Waals surface area (Å²) in [4.78, 5) is 14.7. The number of benzene rings is 1. The van der Waals surface area contributed by atoms with Crippen molar-refractivity contribution in [3.63, 3.8) is 0 Å². The van der Waals surface area contributed by atoms with Crippen molar-refractivity contribution in [2.45, 2.75) is 46.0 Å². The number of carbonyl (C=O) groups excluding carboxylic acids is 1. The molecule has 19 heavy (non-hydrogen) atoms. The zero-order valence-corrected chi connectivity index (χ0v) is 12.2. The fourth-order valence-corrected chi connectivity index (χ4v) is 2.68. The summed E-state index contributed by atoms with van der Waals surface area (Å²) in [6.45, 7) is 6.90. The van der Waals surface area contributed by atoms with Crippen LogP contribution in [0.3, 0.4) is 0 Å². The number of hydrogen-bond donors (Lipinski definition) is 0. The van der Waals surface area contributed by atoms with E-state index in [9.17, 15) is 4.79 Å². The van der Waals surface area contributed by atoms with Crippen molar-refractivity contribution < 1.29 is 4.79 Å². The molecule has 0 saturated carbocycles. The zero-order valence-electron chi connectivity index (χ0n) is 12.2. The standard InChI is InChI=1S/C17H25NO/c1-14-8-9-16(12-15(14)2)17(19)13-18-10-6-4-3-5-7-11-18/h8-9,12H,3-7,10-11,13H2,1-2H3. The third kappa shape index (κ3) is 4.17. The van der Waals surface area contributed by atoms with Crippen LogP contribution in [-0.2, 0) is 0 Å². The molecule has 104 valence electrons. The number of hydrogen-bond acceptors (Lipinski definition) is 2. The Hall–Kier alpha value is -1.15. The highest BCUT2D eigenvalue weighted by Gasteiger charge is 2.14. The minimum Gasteiger partial charge on any atom is -0.296 e. The molecule has 1 saturated heterocycles. The maximum atomic E-state index is 12.3. The molecule has 0 amide bonds. The molecule has 1 aromatic carbocycles. The summed E-state index contributed by atoms with van der Waals surface area (Å²) in [5.41, 5.74) is 3.33. The number of rotatable bonds is 3. The Morgan fingerprint density at radius 3 is 2.26 bits per heavy atom. The Morgan fingerprint density at radius 2 is 1.63 bits per heavy atom. The first-order chi connectivity index (χ1) is 9.16. The molecule has 0 aliphatic carbocycles. The minimum absolute atomic E-state index is 0.267. The van der Waals surface area contributed by atoms with Crippen molar-refractivity contribution in [2.75, 3.05) is 19.6 Å². The molecule has 0 spiro atoms. The quantitative estimate of drug-likeness (QED) is 0.770. The van der Waals surface area contributed by atoms with E-state index in [0.29, 0.717) is 6.54 Å². The highest BCUT2D eigenvalue weighted by Crippen LogP contribution is 2.13. The van der Waals surface area contributed by atoms with Gasteiger partial charge in [0.15, 0.2) is 5.78 Å². The van der Waals surface area contributed by atoms with Crippen LogP contribution < -0.4 is 0 Å². The normalized spacial score (nSPS) is 17.8. The van der Waals surface area contributed by atoms with Gasteiger partial charge in [-0.15, -0.1) is 0 Å². The van der Waals surface area contributed by atoms with Crippen LogP contribution in [0.25, 0.3) is 0 Å². The maximum absolute atomic E-state index is 12.3. The molecule has 0 N–H and O–H groups in total. The fraction of sp³-hybridized carbons (Fsp3) is 0.588. The van der Waals surface area contributed by atoms with Crippen molar-refractivity contribution in [1.29, 1.82) is 0 Å². The average Bonchev–Trinajstić information content (AvgIpc) is 2.35. The molecule has 2 nitrogen and oxygen atoms in total. The van der Waals surface area contributed by atoms with Gasteiger partial charge in [-0.2, -0.15) is 0 Å². The molecule has 0 atom stereocenters. The highest BCUT2D eigenvalue weighted by atomic mass is 16.1. The van der Waals surface area contributed by atoms with E-state index in [4.69, 9.17) is 0 Å². The summed E-state index contributed by atoms with van der Waals surface area (Å²) >= 11 is 0. The van der Waals surface area contributed by atoms with Crippen LogP contribution in [0, 0.1) is 13.8 Å². The van der Waals surface area contributed by atoms with Crippen molar-refractivity contribution >= 4 is 5.78 Å². The molecular formula is C17H25NO. The highest BCUT2D eigenvalue weighted by molar-refractivity contribution is 5.97. The monoisotopic (exact) mass is 259 g/mol. The minimum atomic E-state index is 0.267. The van der Waals surface area contributed by atoms with Crippen molar-refractivity contribution in [1.82, 2.24) is 4.90 Å². The number of aryl methyl sites for hydroxylation is 2. The first kappa shape index (κ1) is 14.3. The lowest BCUT2D eigenvalue weighted by Gasteiger charge is -2.23. The average molecular weight is 259 g/mol. The summed E-state index contributed by atoms with van der Waals surface area (Å²) in [5.74, 6) is 0.267. The molecule has 1 aliphatic heterocycles. The van der Waals surface area contributed by atoms with E-state index >= 15 is 0 Å². The molecular weight excluding hydrogens is 234 g/mol. The summed E-state index contributed by atoms with van der Waals surface area (Å²) in [5, 5.41) is 0. The van der Waals surface area contributed by atoms with Gasteiger partial charge >= 0.3 is 0 Å². The molecule has 1 heterocycles. The second kappa shape index (κ2) is 6.85. The second-order valence-electron chi connectivity index (χ2n) is 5.77. The summed E-state index contributed by atoms with van der Waals surface area (Å²) in [6.07, 6.45) is 6.46. The number of likely N-dealkylation sites (tertiary alicyclic amines) is 1. The zero-order chi connectivity index (χ0) is 13.7. The number of nitrogens with zero attached hydrogens (tertiary/aromatic N) is 1. The SMILES string of the molecule is Cc1ccc(C(=O)CN2CCCCCCC2)cc1C. The smallest absolute Gasteiger partial charge is 0.176 e. The van der Waals surface area contributed by atoms with Gasteiger partial charge in [0, 0.05) is 5.56 Å². The summed E-state index contributed by atoms with van der Waals surface area (Å²) < 4.78 is 0. The maximum Gasteiger partial charge on any atom is 0.176 e. The lowest BCUT2D eigenvalue weighted by atomic mass is 10.0. The van der Waals surface area contributed by atoms with E-state index in [1.54, 1.807) is 0 Å². The van der Waals surface area contributed by atoms with Gasteiger partial charge in [-0.3, -0.25) is 9.69 Å². The van der Waals surface area contributed by atoms with Crippen molar-refractivity contribution in [3.05, 3.63) is 34.9 Å². The van der Waals surface area contributed by atoms with E-state index < -0.39 is 0 Å². The van der Waals surface area contributed by atoms with Gasteiger partial charge in [0.05, 0.1) is 6.54 Å². The summed E-state index contributed by atoms with van der Waals surface area (Å²) in [6, 6.07) is 6.05. The molecule has 1 aliphatic rings. The van der Waals surface area contributed by atoms with Crippen molar-refractivity contribution in [2.24, 2.45) is 0 Å². The third-order valence-electron chi connectivity index (χ3n) is 4.14. The van der Waals surface area contributed by atoms with E-state index in [0.717, 1.165) is 18.7 Å². The van der Waals surface area contributed by atoms with Crippen molar-refractivity contribution in [3.8, 4) is 0 Å². The Bertz CT molecular complexity index is 431. The Labute approximate surface area is 116 Å². The fourth-order valence-electron chi connectivity index (χ4n) is 2.68. The molecule has 2 rings (SSSR count). The van der Waals surface area contributed by atoms with Crippen LogP contribution in [0.4, 0.5) is 0 Å². The van der Waals surface area contributed by atoms with Crippen LogP contribution in [0.2, 0.25) is 0 Å². The topological polar surface area (TPSA) is 20.3 Å². The molecule has 2 heteroatoms. The second-order valence-corrected chi connectivity index (χ2v) is 5.77. The summed E-state index contributed by atoms with van der Waals surface area (Å²) in [7, 11) is 0. The van der Waals surface area contributed by atoms with Gasteiger partial charge in [-0.1, -0.05) is 31.4 Å². The van der Waals surface area contributed by atoms with Gasteiger partial charge < -0.3 is 0 Å². The molecule has 0 aromatic heterocycles. The first-order valence-electron chi connectivity index (χ1n) is 7.49. The van der Waals surface area contributed by atoms with E-state index in [1.807, 2.05) is 12.1 Å². The van der Waals surface area contributed by atoms with Crippen LogP contribution in [-0.4, -0.2) is 30.3 Å². The molecule has 0 bridgehead atoms. The van der Waals surface area contributed by atoms with Gasteiger partial charge in [0.25, 0.3) is 0 Å². The lowest BCUT2D eigenvalue weighted by Crippen LogP contribution is -2.32. The number of ketones is 1. The van der Waals surface area contributed by atoms with Crippen LogP contribution >= 0.6 is 0 Å². The molecule has 0 unspecified atom stereocenters. The van der Waals surface area contributed by atoms with Gasteiger partial charge in [-0.25, -0.2) is 0 Å². The molecule has 1 fully saturated rings. The Balaban J connectivity index is 1.96. The predicted octanol–water partition coefficient (Wildman–Crippen LogP) is 3.75. The number of carbonyl (C=O) groups is 1. The molecule has 0 radical (unpaired) electrons. The predicted molar refractivity (Wildman–Crippen MR) is 79.8 cm³/mol. The third-order valence-corrected chi connectivity index (χ3v) is 4.14. The Kier molecular flexibility index (Phi) is 5.15.